The highest BCUT2D eigenvalue weighted by Gasteiger charge is 2.24. The molecule has 0 bridgehead atoms. The summed E-state index contributed by atoms with van der Waals surface area (Å²) in [5.74, 6) is 0. The van der Waals surface area contributed by atoms with Gasteiger partial charge in [-0.15, -0.1) is 0 Å². The number of aromatic nitrogens is 2. The third-order valence-corrected chi connectivity index (χ3v) is 4.55. The second-order valence-electron chi connectivity index (χ2n) is 4.09. The molecule has 0 saturated carbocycles. The van der Waals surface area contributed by atoms with Crippen LogP contribution in [0, 0.1) is 0 Å². The summed E-state index contributed by atoms with van der Waals surface area (Å²) in [5, 5.41) is -0.130. The number of rotatable bonds is 4. The number of nitrogens with zero attached hydrogens (tertiary/aromatic N) is 2. The van der Waals surface area contributed by atoms with Crippen molar-refractivity contribution in [1.82, 2.24) is 14.1 Å². The molecule has 104 valence electrons. The van der Waals surface area contributed by atoms with Gasteiger partial charge in [0.15, 0.2) is 10.2 Å². The van der Waals surface area contributed by atoms with Crippen molar-refractivity contribution in [3.63, 3.8) is 0 Å². The van der Waals surface area contributed by atoms with Crippen LogP contribution in [0.25, 0.3) is 5.65 Å². The van der Waals surface area contributed by atoms with Gasteiger partial charge in [0, 0.05) is 18.3 Å². The molecule has 0 aliphatic heterocycles. The number of imidazole rings is 1. The van der Waals surface area contributed by atoms with Gasteiger partial charge in [-0.2, -0.15) is 0 Å². The van der Waals surface area contributed by atoms with Crippen molar-refractivity contribution >= 4 is 27.3 Å². The maximum Gasteiger partial charge on any atom is 0.260 e. The zero-order valence-corrected chi connectivity index (χ0v) is 11.7. The van der Waals surface area contributed by atoms with Crippen LogP contribution in [0.4, 0.5) is 0 Å². The van der Waals surface area contributed by atoms with Gasteiger partial charge >= 0.3 is 0 Å². The number of halogens is 1. The highest BCUT2D eigenvalue weighted by molar-refractivity contribution is 7.89. The molecular formula is C12H10ClN3O3S. The first kappa shape index (κ1) is 13.2. The van der Waals surface area contributed by atoms with Gasteiger partial charge in [-0.25, -0.2) is 18.1 Å². The van der Waals surface area contributed by atoms with E-state index in [9.17, 15) is 8.42 Å². The Morgan fingerprint density at radius 3 is 2.95 bits per heavy atom. The van der Waals surface area contributed by atoms with Crippen LogP contribution in [-0.2, 0) is 16.6 Å². The molecule has 3 rings (SSSR count). The fourth-order valence-electron chi connectivity index (χ4n) is 1.82. The summed E-state index contributed by atoms with van der Waals surface area (Å²) >= 11 is 5.94. The van der Waals surface area contributed by atoms with E-state index in [1.807, 2.05) is 0 Å². The predicted molar refractivity (Wildman–Crippen MR) is 72.9 cm³/mol. The monoisotopic (exact) mass is 311 g/mol. The largest absolute Gasteiger partial charge is 0.472 e. The molecule has 6 nitrogen and oxygen atoms in total. The van der Waals surface area contributed by atoms with Crippen molar-refractivity contribution in [2.75, 3.05) is 0 Å². The number of hydrogen-bond donors (Lipinski definition) is 1. The molecular weight excluding hydrogens is 302 g/mol. The van der Waals surface area contributed by atoms with Crippen molar-refractivity contribution in [3.05, 3.63) is 53.7 Å². The van der Waals surface area contributed by atoms with E-state index in [1.54, 1.807) is 30.5 Å². The summed E-state index contributed by atoms with van der Waals surface area (Å²) in [6.07, 6.45) is 4.55. The highest BCUT2D eigenvalue weighted by atomic mass is 35.5. The van der Waals surface area contributed by atoms with Gasteiger partial charge < -0.3 is 4.42 Å². The van der Waals surface area contributed by atoms with E-state index in [-0.39, 0.29) is 16.7 Å². The second-order valence-corrected chi connectivity index (χ2v) is 6.13. The molecule has 0 saturated heterocycles. The molecule has 0 aliphatic carbocycles. The number of furan rings is 1. The van der Waals surface area contributed by atoms with Crippen molar-refractivity contribution in [1.29, 1.82) is 0 Å². The Morgan fingerprint density at radius 2 is 2.20 bits per heavy atom. The lowest BCUT2D eigenvalue weighted by Crippen LogP contribution is -2.24. The molecule has 0 radical (unpaired) electrons. The van der Waals surface area contributed by atoms with Gasteiger partial charge in [-0.3, -0.25) is 4.40 Å². The van der Waals surface area contributed by atoms with Gasteiger partial charge in [0.25, 0.3) is 10.0 Å². The summed E-state index contributed by atoms with van der Waals surface area (Å²) in [6, 6.07) is 6.83. The minimum atomic E-state index is -3.77. The third-order valence-electron chi connectivity index (χ3n) is 2.75. The lowest BCUT2D eigenvalue weighted by molar-refractivity contribution is 0.560. The molecule has 3 aromatic rings. The molecule has 1 N–H and O–H groups in total. The topological polar surface area (TPSA) is 76.6 Å². The molecule has 3 aromatic heterocycles. The van der Waals surface area contributed by atoms with Crippen LogP contribution in [0.15, 0.2) is 52.4 Å². The van der Waals surface area contributed by atoms with Gasteiger partial charge in [0.1, 0.15) is 5.65 Å². The van der Waals surface area contributed by atoms with Crippen LogP contribution >= 0.6 is 11.6 Å². The smallest absolute Gasteiger partial charge is 0.260 e. The number of sulfonamides is 1. The van der Waals surface area contributed by atoms with Gasteiger partial charge in [-0.05, 0) is 18.2 Å². The third kappa shape index (κ3) is 2.31. The summed E-state index contributed by atoms with van der Waals surface area (Å²) in [4.78, 5) is 4.02. The first-order valence-corrected chi connectivity index (χ1v) is 7.57. The van der Waals surface area contributed by atoms with Crippen LogP contribution < -0.4 is 4.72 Å². The van der Waals surface area contributed by atoms with Gasteiger partial charge in [-0.1, -0.05) is 17.7 Å². The maximum absolute atomic E-state index is 12.3. The quantitative estimate of drug-likeness (QED) is 0.800. The Balaban J connectivity index is 1.98. The van der Waals surface area contributed by atoms with Crippen LogP contribution in [0.3, 0.4) is 0 Å². The number of fused-ring (bicyclic) bond motifs is 1. The van der Waals surface area contributed by atoms with Crippen molar-refractivity contribution < 1.29 is 12.8 Å². The summed E-state index contributed by atoms with van der Waals surface area (Å²) in [6.45, 7) is 0.120. The van der Waals surface area contributed by atoms with E-state index in [1.165, 1.54) is 16.9 Å². The Labute approximate surface area is 120 Å². The van der Waals surface area contributed by atoms with E-state index in [0.717, 1.165) is 5.56 Å². The fraction of sp³-hybridized carbons (Fsp3) is 0.0833. The highest BCUT2D eigenvalue weighted by Crippen LogP contribution is 2.22. The van der Waals surface area contributed by atoms with Crippen molar-refractivity contribution in [3.8, 4) is 0 Å². The second kappa shape index (κ2) is 4.93. The number of pyridine rings is 1. The van der Waals surface area contributed by atoms with Crippen LogP contribution in [0.2, 0.25) is 5.15 Å². The van der Waals surface area contributed by atoms with Crippen molar-refractivity contribution in [2.45, 2.75) is 11.6 Å². The molecule has 0 atom stereocenters. The van der Waals surface area contributed by atoms with Crippen LogP contribution in [0.5, 0.6) is 0 Å². The van der Waals surface area contributed by atoms with Crippen LogP contribution in [0.1, 0.15) is 5.56 Å². The normalized spacial score (nSPS) is 12.1. The molecule has 0 unspecified atom stereocenters. The molecule has 8 heteroatoms. The average Bonchev–Trinajstić information content (AvgIpc) is 3.02. The fourth-order valence-corrected chi connectivity index (χ4v) is 3.48. The Bertz CT molecular complexity index is 840. The lowest BCUT2D eigenvalue weighted by Gasteiger charge is -2.05. The Kier molecular flexibility index (Phi) is 3.25. The van der Waals surface area contributed by atoms with Gasteiger partial charge in [0.2, 0.25) is 0 Å². The van der Waals surface area contributed by atoms with Crippen LogP contribution in [-0.4, -0.2) is 17.8 Å². The molecule has 0 amide bonds. The summed E-state index contributed by atoms with van der Waals surface area (Å²) in [7, 11) is -3.77. The predicted octanol–water partition coefficient (Wildman–Crippen LogP) is 2.06. The van der Waals surface area contributed by atoms with E-state index in [0.29, 0.717) is 5.65 Å². The SMILES string of the molecule is O=S(=O)(NCc1ccoc1)c1c(Cl)nc2ccccn12. The zero-order chi connectivity index (χ0) is 14.2. The Hall–Kier alpha value is -1.83. The maximum atomic E-state index is 12.3. The zero-order valence-electron chi connectivity index (χ0n) is 10.2. The number of nitrogens with one attached hydrogen (secondary N) is 1. The molecule has 0 fully saturated rings. The standard InChI is InChI=1S/C12H10ClN3O3S/c13-11-12(16-5-2-1-3-10(16)15-11)20(17,18)14-7-9-4-6-19-8-9/h1-6,8,14H,7H2. The van der Waals surface area contributed by atoms with E-state index in [4.69, 9.17) is 16.0 Å². The lowest BCUT2D eigenvalue weighted by atomic mass is 10.4. The molecule has 3 heterocycles. The van der Waals surface area contributed by atoms with Crippen molar-refractivity contribution in [2.24, 2.45) is 0 Å². The molecule has 0 aliphatic rings. The number of hydrogen-bond acceptors (Lipinski definition) is 4. The minimum Gasteiger partial charge on any atom is -0.472 e. The first-order valence-electron chi connectivity index (χ1n) is 5.71. The molecule has 0 spiro atoms. The molecule has 0 aromatic carbocycles. The Morgan fingerprint density at radius 1 is 1.35 bits per heavy atom. The average molecular weight is 312 g/mol. The van der Waals surface area contributed by atoms with E-state index >= 15 is 0 Å². The van der Waals surface area contributed by atoms with Gasteiger partial charge in [0.05, 0.1) is 12.5 Å². The first-order chi connectivity index (χ1) is 9.58. The molecule has 20 heavy (non-hydrogen) atoms. The minimum absolute atomic E-state index is 0.0594. The summed E-state index contributed by atoms with van der Waals surface area (Å²) in [5.41, 5.74) is 1.19. The summed E-state index contributed by atoms with van der Waals surface area (Å²) < 4.78 is 33.5. The van der Waals surface area contributed by atoms with E-state index < -0.39 is 10.0 Å². The van der Waals surface area contributed by atoms with E-state index in [2.05, 4.69) is 9.71 Å².